The number of amides is 2. The zero-order chi connectivity index (χ0) is 21.3. The Morgan fingerprint density at radius 2 is 1.37 bits per heavy atom. The predicted octanol–water partition coefficient (Wildman–Crippen LogP) is 3.55. The van der Waals surface area contributed by atoms with Gasteiger partial charge in [-0.05, 0) is 54.1 Å². The van der Waals surface area contributed by atoms with Crippen molar-refractivity contribution >= 4 is 23.5 Å². The van der Waals surface area contributed by atoms with Crippen LogP contribution >= 0.6 is 0 Å². The minimum atomic E-state index is -0.614. The fourth-order valence-electron chi connectivity index (χ4n) is 2.55. The highest BCUT2D eigenvalue weighted by atomic mass is 19.1. The van der Waals surface area contributed by atoms with Crippen molar-refractivity contribution in [2.75, 3.05) is 11.9 Å². The Hall–Kier alpha value is -4.00. The van der Waals surface area contributed by atoms with E-state index in [1.54, 1.807) is 36.4 Å². The molecule has 2 N–H and O–H groups in total. The minimum Gasteiger partial charge on any atom is -0.460 e. The van der Waals surface area contributed by atoms with Gasteiger partial charge in [-0.25, -0.2) is 4.39 Å². The summed E-state index contributed by atoms with van der Waals surface area (Å²) in [5.74, 6) is -1.81. The van der Waals surface area contributed by atoms with Gasteiger partial charge in [0, 0.05) is 16.8 Å². The molecule has 2 amide bonds. The molecular formula is C23H19FN2O4. The Balaban J connectivity index is 1.44. The summed E-state index contributed by atoms with van der Waals surface area (Å²) in [7, 11) is 0. The van der Waals surface area contributed by atoms with E-state index in [1.165, 1.54) is 12.1 Å². The molecule has 3 aromatic carbocycles. The van der Waals surface area contributed by atoms with Gasteiger partial charge >= 0.3 is 5.97 Å². The molecule has 0 spiro atoms. The molecule has 3 rings (SSSR count). The molecule has 6 nitrogen and oxygen atoms in total. The predicted molar refractivity (Wildman–Crippen MR) is 109 cm³/mol. The number of benzene rings is 3. The molecule has 0 unspecified atom stereocenters. The Labute approximate surface area is 172 Å². The van der Waals surface area contributed by atoms with Crippen LogP contribution in [0.2, 0.25) is 0 Å². The number of carbonyl (C=O) groups excluding carboxylic acids is 3. The lowest BCUT2D eigenvalue weighted by molar-refractivity contribution is -0.143. The summed E-state index contributed by atoms with van der Waals surface area (Å²) in [6.45, 7) is -0.306. The molecule has 0 aliphatic heterocycles. The largest absolute Gasteiger partial charge is 0.460 e. The minimum absolute atomic E-state index is 0.00579. The number of hydrogen-bond acceptors (Lipinski definition) is 4. The van der Waals surface area contributed by atoms with Crippen LogP contribution in [-0.4, -0.2) is 24.3 Å². The molecule has 0 saturated carbocycles. The number of esters is 1. The third-order valence-corrected chi connectivity index (χ3v) is 4.15. The van der Waals surface area contributed by atoms with Crippen molar-refractivity contribution in [2.24, 2.45) is 0 Å². The number of halogens is 1. The van der Waals surface area contributed by atoms with Gasteiger partial charge < -0.3 is 15.4 Å². The maximum Gasteiger partial charge on any atom is 0.325 e. The summed E-state index contributed by atoms with van der Waals surface area (Å²) in [6.07, 6.45) is 0. The SMILES string of the molecule is O=C(CNC(=O)c1ccc(F)cc1)OCc1ccc(C(=O)Nc2ccccc2)cc1. The van der Waals surface area contributed by atoms with Gasteiger partial charge in [-0.15, -0.1) is 0 Å². The summed E-state index contributed by atoms with van der Waals surface area (Å²) in [6, 6.07) is 20.7. The highest BCUT2D eigenvalue weighted by molar-refractivity contribution is 6.04. The second-order valence-corrected chi connectivity index (χ2v) is 6.37. The van der Waals surface area contributed by atoms with Crippen molar-refractivity contribution in [3.63, 3.8) is 0 Å². The van der Waals surface area contributed by atoms with Crippen molar-refractivity contribution in [3.8, 4) is 0 Å². The van der Waals surface area contributed by atoms with E-state index in [0.717, 1.165) is 12.1 Å². The van der Waals surface area contributed by atoms with Gasteiger partial charge in [0.2, 0.25) is 0 Å². The highest BCUT2D eigenvalue weighted by Gasteiger charge is 2.10. The summed E-state index contributed by atoms with van der Waals surface area (Å²) in [4.78, 5) is 35.9. The lowest BCUT2D eigenvalue weighted by atomic mass is 10.1. The quantitative estimate of drug-likeness (QED) is 0.588. The van der Waals surface area contributed by atoms with Gasteiger partial charge in [0.15, 0.2) is 0 Å². The molecule has 0 atom stereocenters. The Morgan fingerprint density at radius 1 is 0.767 bits per heavy atom. The summed E-state index contributed by atoms with van der Waals surface area (Å²) in [5.41, 5.74) is 2.11. The maximum absolute atomic E-state index is 12.9. The topological polar surface area (TPSA) is 84.5 Å². The molecule has 0 bridgehead atoms. The number of anilines is 1. The van der Waals surface area contributed by atoms with Crippen LogP contribution < -0.4 is 10.6 Å². The van der Waals surface area contributed by atoms with Gasteiger partial charge in [-0.1, -0.05) is 30.3 Å². The van der Waals surface area contributed by atoms with Crippen molar-refractivity contribution in [3.05, 3.63) is 101 Å². The smallest absolute Gasteiger partial charge is 0.325 e. The first-order chi connectivity index (χ1) is 14.5. The molecule has 30 heavy (non-hydrogen) atoms. The van der Waals surface area contributed by atoms with Crippen LogP contribution in [0.1, 0.15) is 26.3 Å². The fraction of sp³-hybridized carbons (Fsp3) is 0.0870. The first kappa shape index (κ1) is 20.7. The number of para-hydroxylation sites is 1. The average Bonchev–Trinajstić information content (AvgIpc) is 2.77. The second-order valence-electron chi connectivity index (χ2n) is 6.37. The first-order valence-corrected chi connectivity index (χ1v) is 9.16. The van der Waals surface area contributed by atoms with Crippen molar-refractivity contribution in [1.82, 2.24) is 5.32 Å². The third kappa shape index (κ3) is 6.00. The van der Waals surface area contributed by atoms with E-state index < -0.39 is 17.7 Å². The number of hydrogen-bond donors (Lipinski definition) is 2. The molecule has 0 radical (unpaired) electrons. The van der Waals surface area contributed by atoms with E-state index in [0.29, 0.717) is 16.8 Å². The van der Waals surface area contributed by atoms with Crippen LogP contribution in [0.25, 0.3) is 0 Å². The van der Waals surface area contributed by atoms with E-state index >= 15 is 0 Å². The Kier molecular flexibility index (Phi) is 6.89. The van der Waals surface area contributed by atoms with Crippen molar-refractivity contribution in [1.29, 1.82) is 0 Å². The lowest BCUT2D eigenvalue weighted by Gasteiger charge is -2.08. The molecule has 3 aromatic rings. The first-order valence-electron chi connectivity index (χ1n) is 9.16. The van der Waals surface area contributed by atoms with Gasteiger partial charge in [0.25, 0.3) is 11.8 Å². The molecule has 152 valence electrons. The summed E-state index contributed by atoms with van der Waals surface area (Å²) < 4.78 is 18.0. The zero-order valence-electron chi connectivity index (χ0n) is 15.9. The number of ether oxygens (including phenoxy) is 1. The van der Waals surface area contributed by atoms with Crippen LogP contribution in [0.15, 0.2) is 78.9 Å². The van der Waals surface area contributed by atoms with Gasteiger partial charge in [-0.2, -0.15) is 0 Å². The molecule has 0 aromatic heterocycles. The molecule has 0 aliphatic rings. The third-order valence-electron chi connectivity index (χ3n) is 4.15. The lowest BCUT2D eigenvalue weighted by Crippen LogP contribution is -2.30. The zero-order valence-corrected chi connectivity index (χ0v) is 15.9. The molecule has 7 heteroatoms. The fourth-order valence-corrected chi connectivity index (χ4v) is 2.55. The van der Waals surface area contributed by atoms with Crippen LogP contribution in [-0.2, 0) is 16.1 Å². The second kappa shape index (κ2) is 9.97. The van der Waals surface area contributed by atoms with Crippen LogP contribution in [0, 0.1) is 5.82 Å². The van der Waals surface area contributed by atoms with E-state index in [4.69, 9.17) is 4.74 Å². The monoisotopic (exact) mass is 406 g/mol. The van der Waals surface area contributed by atoms with Crippen LogP contribution in [0.5, 0.6) is 0 Å². The van der Waals surface area contributed by atoms with Gasteiger partial charge in [0.05, 0.1) is 0 Å². The Bertz CT molecular complexity index is 1020. The van der Waals surface area contributed by atoms with E-state index in [-0.39, 0.29) is 24.6 Å². The molecular weight excluding hydrogens is 387 g/mol. The van der Waals surface area contributed by atoms with Gasteiger partial charge in [0.1, 0.15) is 19.0 Å². The van der Waals surface area contributed by atoms with E-state index in [1.807, 2.05) is 18.2 Å². The van der Waals surface area contributed by atoms with Crippen molar-refractivity contribution in [2.45, 2.75) is 6.61 Å². The molecule has 0 aliphatic carbocycles. The normalized spacial score (nSPS) is 10.2. The standard InChI is InChI=1S/C23H19FN2O4/c24-19-12-10-17(11-13-19)22(28)25-14-21(27)30-15-16-6-8-18(9-7-16)23(29)26-20-4-2-1-3-5-20/h1-13H,14-15H2,(H,25,28)(H,26,29). The van der Waals surface area contributed by atoms with Crippen LogP contribution in [0.4, 0.5) is 10.1 Å². The van der Waals surface area contributed by atoms with E-state index in [2.05, 4.69) is 10.6 Å². The van der Waals surface area contributed by atoms with Crippen LogP contribution in [0.3, 0.4) is 0 Å². The number of carbonyl (C=O) groups is 3. The van der Waals surface area contributed by atoms with Gasteiger partial charge in [-0.3, -0.25) is 14.4 Å². The van der Waals surface area contributed by atoms with Crippen molar-refractivity contribution < 1.29 is 23.5 Å². The summed E-state index contributed by atoms with van der Waals surface area (Å²) >= 11 is 0. The maximum atomic E-state index is 12.9. The summed E-state index contributed by atoms with van der Waals surface area (Å²) in [5, 5.41) is 5.20. The van der Waals surface area contributed by atoms with E-state index in [9.17, 15) is 18.8 Å². The number of nitrogens with one attached hydrogen (secondary N) is 2. The molecule has 0 fully saturated rings. The Morgan fingerprint density at radius 3 is 2.03 bits per heavy atom. The average molecular weight is 406 g/mol. The molecule has 0 saturated heterocycles. The number of rotatable bonds is 7. The highest BCUT2D eigenvalue weighted by Crippen LogP contribution is 2.10. The molecule has 0 heterocycles.